The van der Waals surface area contributed by atoms with Crippen molar-refractivity contribution in [2.75, 3.05) is 6.61 Å². The zero-order chi connectivity index (χ0) is 13.5. The fourth-order valence-electron chi connectivity index (χ4n) is 2.22. The Balaban J connectivity index is 2.79. The van der Waals surface area contributed by atoms with Crippen LogP contribution in [0.25, 0.3) is 0 Å². The van der Waals surface area contributed by atoms with E-state index in [0.717, 1.165) is 18.4 Å². The normalized spacial score (nSPS) is 12.4. The molecule has 0 saturated carbocycles. The molecule has 0 N–H and O–H groups in total. The zero-order valence-electron chi connectivity index (χ0n) is 12.0. The van der Waals surface area contributed by atoms with Gasteiger partial charge >= 0.3 is 0 Å². The van der Waals surface area contributed by atoms with Crippen LogP contribution in [-0.2, 0) is 16.0 Å². The van der Waals surface area contributed by atoms with Crippen LogP contribution in [0.3, 0.4) is 0 Å². The molecule has 0 heterocycles. The third-order valence-corrected chi connectivity index (χ3v) is 3.27. The molecule has 0 amide bonds. The monoisotopic (exact) mass is 248 g/mol. The van der Waals surface area contributed by atoms with Crippen molar-refractivity contribution in [3.63, 3.8) is 0 Å². The van der Waals surface area contributed by atoms with Crippen molar-refractivity contribution in [3.8, 4) is 0 Å². The van der Waals surface area contributed by atoms with E-state index in [2.05, 4.69) is 32.9 Å². The second-order valence-electron chi connectivity index (χ2n) is 4.75. The van der Waals surface area contributed by atoms with E-state index in [9.17, 15) is 4.79 Å². The Morgan fingerprint density at radius 1 is 1.22 bits per heavy atom. The van der Waals surface area contributed by atoms with Gasteiger partial charge in [-0.25, -0.2) is 0 Å². The van der Waals surface area contributed by atoms with Crippen molar-refractivity contribution in [2.45, 2.75) is 53.1 Å². The molecule has 2 nitrogen and oxygen atoms in total. The number of carbonyl (C=O) groups excluding carboxylic acids is 1. The number of carbonyl (C=O) groups is 1. The molecule has 0 aromatic heterocycles. The van der Waals surface area contributed by atoms with E-state index >= 15 is 0 Å². The Kier molecular flexibility index (Phi) is 6.06. The van der Waals surface area contributed by atoms with Crippen molar-refractivity contribution >= 4 is 5.78 Å². The highest BCUT2D eigenvalue weighted by Crippen LogP contribution is 2.16. The van der Waals surface area contributed by atoms with Gasteiger partial charge in [0.25, 0.3) is 0 Å². The van der Waals surface area contributed by atoms with Gasteiger partial charge in [0.05, 0.1) is 0 Å². The predicted octanol–water partition coefficient (Wildman–Crippen LogP) is 3.62. The van der Waals surface area contributed by atoms with Crippen molar-refractivity contribution < 1.29 is 9.53 Å². The summed E-state index contributed by atoms with van der Waals surface area (Å²) >= 11 is 0. The van der Waals surface area contributed by atoms with Crippen LogP contribution in [0.2, 0.25) is 0 Å². The molecule has 1 atom stereocenters. The highest BCUT2D eigenvalue weighted by molar-refractivity contribution is 5.85. The highest BCUT2D eigenvalue weighted by Gasteiger charge is 2.19. The van der Waals surface area contributed by atoms with Gasteiger partial charge in [-0.05, 0) is 43.9 Å². The Morgan fingerprint density at radius 2 is 1.83 bits per heavy atom. The van der Waals surface area contributed by atoms with E-state index in [1.54, 1.807) is 0 Å². The molecule has 1 aromatic rings. The maximum Gasteiger partial charge on any atom is 0.165 e. The minimum absolute atomic E-state index is 0.205. The molecule has 0 bridgehead atoms. The largest absolute Gasteiger partial charge is 0.371 e. The minimum atomic E-state index is -0.237. The number of benzene rings is 1. The number of aryl methyl sites for hydroxylation is 2. The lowest BCUT2D eigenvalue weighted by molar-refractivity contribution is -0.130. The van der Waals surface area contributed by atoms with Gasteiger partial charge in [-0.15, -0.1) is 0 Å². The molecule has 1 unspecified atom stereocenters. The summed E-state index contributed by atoms with van der Waals surface area (Å²) in [6.45, 7) is 8.74. The summed E-state index contributed by atoms with van der Waals surface area (Å²) in [6, 6.07) is 6.15. The molecule has 18 heavy (non-hydrogen) atoms. The molecule has 100 valence electrons. The smallest absolute Gasteiger partial charge is 0.165 e. The van der Waals surface area contributed by atoms with Crippen LogP contribution in [-0.4, -0.2) is 18.5 Å². The SMILES string of the molecule is CCCC(OCC)C(=O)Cc1c(C)cccc1C. The maximum absolute atomic E-state index is 12.3. The molecular formula is C16H24O2. The van der Waals surface area contributed by atoms with Crippen LogP contribution in [0.5, 0.6) is 0 Å². The number of ether oxygens (including phenoxy) is 1. The second-order valence-corrected chi connectivity index (χ2v) is 4.75. The minimum Gasteiger partial charge on any atom is -0.371 e. The van der Waals surface area contributed by atoms with Gasteiger partial charge in [0.2, 0.25) is 0 Å². The highest BCUT2D eigenvalue weighted by atomic mass is 16.5. The summed E-state index contributed by atoms with van der Waals surface area (Å²) in [5.41, 5.74) is 3.54. The zero-order valence-corrected chi connectivity index (χ0v) is 12.0. The molecular weight excluding hydrogens is 224 g/mol. The van der Waals surface area contributed by atoms with Crippen LogP contribution in [0.1, 0.15) is 43.4 Å². The van der Waals surface area contributed by atoms with Crippen molar-refractivity contribution in [2.24, 2.45) is 0 Å². The van der Waals surface area contributed by atoms with Crippen LogP contribution in [0.4, 0.5) is 0 Å². The first-order valence-corrected chi connectivity index (χ1v) is 6.79. The van der Waals surface area contributed by atoms with Gasteiger partial charge in [-0.1, -0.05) is 31.5 Å². The lowest BCUT2D eigenvalue weighted by Gasteiger charge is -2.16. The molecule has 0 spiro atoms. The summed E-state index contributed by atoms with van der Waals surface area (Å²) in [7, 11) is 0. The van der Waals surface area contributed by atoms with Gasteiger partial charge in [-0.2, -0.15) is 0 Å². The lowest BCUT2D eigenvalue weighted by atomic mass is 9.95. The van der Waals surface area contributed by atoms with Crippen LogP contribution < -0.4 is 0 Å². The molecule has 2 heteroatoms. The quantitative estimate of drug-likeness (QED) is 0.736. The van der Waals surface area contributed by atoms with Gasteiger partial charge < -0.3 is 4.74 Å². The van der Waals surface area contributed by atoms with Crippen molar-refractivity contribution in [1.82, 2.24) is 0 Å². The van der Waals surface area contributed by atoms with Crippen LogP contribution in [0.15, 0.2) is 18.2 Å². The van der Waals surface area contributed by atoms with Crippen molar-refractivity contribution in [3.05, 3.63) is 34.9 Å². The second kappa shape index (κ2) is 7.32. The molecule has 0 saturated heterocycles. The standard InChI is InChI=1S/C16H24O2/c1-5-8-16(18-6-2)15(17)11-14-12(3)9-7-10-13(14)4/h7,9-10,16H,5-6,8,11H2,1-4H3. The van der Waals surface area contributed by atoms with E-state index in [1.807, 2.05) is 13.0 Å². The fraction of sp³-hybridized carbons (Fsp3) is 0.562. The maximum atomic E-state index is 12.3. The van der Waals surface area contributed by atoms with Gasteiger partial charge in [0.15, 0.2) is 5.78 Å². The average molecular weight is 248 g/mol. The first-order valence-electron chi connectivity index (χ1n) is 6.79. The molecule has 1 rings (SSSR count). The predicted molar refractivity (Wildman–Crippen MR) is 74.9 cm³/mol. The van der Waals surface area contributed by atoms with Crippen molar-refractivity contribution in [1.29, 1.82) is 0 Å². The number of hydrogen-bond donors (Lipinski definition) is 0. The molecule has 0 aliphatic carbocycles. The van der Waals surface area contributed by atoms with Crippen LogP contribution in [0, 0.1) is 13.8 Å². The summed E-state index contributed by atoms with van der Waals surface area (Å²) in [5.74, 6) is 0.205. The fourth-order valence-corrected chi connectivity index (χ4v) is 2.22. The lowest BCUT2D eigenvalue weighted by Crippen LogP contribution is -2.26. The van der Waals surface area contributed by atoms with Gasteiger partial charge in [-0.3, -0.25) is 4.79 Å². The Labute approximate surface area is 110 Å². The Morgan fingerprint density at radius 3 is 2.33 bits per heavy atom. The number of Topliss-reactive ketones (excluding diaryl/α,β-unsaturated/α-hetero) is 1. The number of ketones is 1. The summed E-state index contributed by atoms with van der Waals surface area (Å²) in [4.78, 5) is 12.3. The molecule has 0 aliphatic rings. The summed E-state index contributed by atoms with van der Waals surface area (Å²) < 4.78 is 5.55. The molecule has 0 radical (unpaired) electrons. The number of rotatable bonds is 7. The van der Waals surface area contributed by atoms with E-state index in [0.29, 0.717) is 13.0 Å². The topological polar surface area (TPSA) is 26.3 Å². The molecule has 0 fully saturated rings. The van der Waals surface area contributed by atoms with Gasteiger partial charge in [0, 0.05) is 13.0 Å². The molecule has 1 aromatic carbocycles. The Hall–Kier alpha value is -1.15. The Bertz CT molecular complexity index is 370. The third kappa shape index (κ3) is 3.95. The first kappa shape index (κ1) is 14.9. The average Bonchev–Trinajstić information content (AvgIpc) is 2.33. The van der Waals surface area contributed by atoms with E-state index in [-0.39, 0.29) is 11.9 Å². The summed E-state index contributed by atoms with van der Waals surface area (Å²) in [6.07, 6.45) is 2.04. The molecule has 0 aliphatic heterocycles. The van der Waals surface area contributed by atoms with E-state index in [4.69, 9.17) is 4.74 Å². The van der Waals surface area contributed by atoms with E-state index < -0.39 is 0 Å². The van der Waals surface area contributed by atoms with Gasteiger partial charge in [0.1, 0.15) is 6.10 Å². The van der Waals surface area contributed by atoms with E-state index in [1.165, 1.54) is 11.1 Å². The summed E-state index contributed by atoms with van der Waals surface area (Å²) in [5, 5.41) is 0. The van der Waals surface area contributed by atoms with Crippen LogP contribution >= 0.6 is 0 Å². The number of hydrogen-bond acceptors (Lipinski definition) is 2. The third-order valence-electron chi connectivity index (χ3n) is 3.27. The first-order chi connectivity index (χ1) is 8.60.